The van der Waals surface area contributed by atoms with E-state index in [-0.39, 0.29) is 30.4 Å². The van der Waals surface area contributed by atoms with Crippen LogP contribution in [0, 0.1) is 0 Å². The molecule has 1 amide bonds. The Morgan fingerprint density at radius 1 is 1.30 bits per heavy atom. The van der Waals surface area contributed by atoms with E-state index in [9.17, 15) is 9.90 Å². The molecule has 0 bridgehead atoms. The Hall–Kier alpha value is -2.36. The van der Waals surface area contributed by atoms with Crippen LogP contribution in [-0.2, 0) is 16.1 Å². The molecule has 9 heteroatoms. The molecule has 27 heavy (non-hydrogen) atoms. The highest BCUT2D eigenvalue weighted by Crippen LogP contribution is 2.21. The highest BCUT2D eigenvalue weighted by molar-refractivity contribution is 5.92. The number of imidazole rings is 1. The van der Waals surface area contributed by atoms with Crippen LogP contribution in [0.1, 0.15) is 41.9 Å². The molecule has 2 N–H and O–H groups in total. The monoisotopic (exact) mass is 375 g/mol. The van der Waals surface area contributed by atoms with Gasteiger partial charge in [-0.2, -0.15) is 0 Å². The SMILES string of the molecule is COCCOC1CCC(NC(=O)c2cc(CO)nc(-n3ccnc3)n2)CC1. The first-order valence-electron chi connectivity index (χ1n) is 9.08. The zero-order valence-corrected chi connectivity index (χ0v) is 15.4. The van der Waals surface area contributed by atoms with Crippen molar-refractivity contribution in [2.24, 2.45) is 0 Å². The molecule has 9 nitrogen and oxygen atoms in total. The van der Waals surface area contributed by atoms with Gasteiger partial charge in [-0.25, -0.2) is 15.0 Å². The maximum Gasteiger partial charge on any atom is 0.270 e. The second-order valence-electron chi connectivity index (χ2n) is 6.48. The zero-order valence-electron chi connectivity index (χ0n) is 15.4. The molecule has 1 aliphatic carbocycles. The summed E-state index contributed by atoms with van der Waals surface area (Å²) in [6, 6.07) is 1.60. The van der Waals surface area contributed by atoms with Gasteiger partial charge in [-0.05, 0) is 31.7 Å². The molecule has 2 aromatic heterocycles. The van der Waals surface area contributed by atoms with E-state index in [0.29, 0.717) is 24.9 Å². The van der Waals surface area contributed by atoms with Gasteiger partial charge in [0, 0.05) is 25.5 Å². The highest BCUT2D eigenvalue weighted by atomic mass is 16.5. The Morgan fingerprint density at radius 3 is 2.78 bits per heavy atom. The summed E-state index contributed by atoms with van der Waals surface area (Å²) in [4.78, 5) is 25.1. The maximum absolute atomic E-state index is 12.6. The van der Waals surface area contributed by atoms with Gasteiger partial charge in [-0.3, -0.25) is 9.36 Å². The quantitative estimate of drug-likeness (QED) is 0.658. The number of aromatic nitrogens is 4. The van der Waals surface area contributed by atoms with Crippen molar-refractivity contribution >= 4 is 5.91 Å². The number of hydrogen-bond donors (Lipinski definition) is 2. The van der Waals surface area contributed by atoms with Crippen molar-refractivity contribution in [2.45, 2.75) is 44.4 Å². The van der Waals surface area contributed by atoms with E-state index in [1.165, 1.54) is 6.07 Å². The third-order valence-electron chi connectivity index (χ3n) is 4.55. The lowest BCUT2D eigenvalue weighted by Gasteiger charge is -2.29. The third kappa shape index (κ3) is 5.31. The van der Waals surface area contributed by atoms with E-state index in [0.717, 1.165) is 25.7 Å². The van der Waals surface area contributed by atoms with Crippen LogP contribution in [0.2, 0.25) is 0 Å². The van der Waals surface area contributed by atoms with E-state index < -0.39 is 0 Å². The molecule has 0 radical (unpaired) electrons. The summed E-state index contributed by atoms with van der Waals surface area (Å²) >= 11 is 0. The summed E-state index contributed by atoms with van der Waals surface area (Å²) < 4.78 is 12.3. The summed E-state index contributed by atoms with van der Waals surface area (Å²) in [5.41, 5.74) is 0.616. The molecule has 1 fully saturated rings. The van der Waals surface area contributed by atoms with Gasteiger partial charge in [0.1, 0.15) is 12.0 Å². The van der Waals surface area contributed by atoms with E-state index in [1.54, 1.807) is 30.4 Å². The lowest BCUT2D eigenvalue weighted by atomic mass is 9.93. The van der Waals surface area contributed by atoms with Crippen LogP contribution in [0.15, 0.2) is 24.8 Å². The van der Waals surface area contributed by atoms with E-state index in [1.807, 2.05) is 0 Å². The van der Waals surface area contributed by atoms with Crippen LogP contribution in [0.3, 0.4) is 0 Å². The van der Waals surface area contributed by atoms with E-state index in [4.69, 9.17) is 9.47 Å². The van der Waals surface area contributed by atoms with Crippen molar-refractivity contribution in [1.82, 2.24) is 24.8 Å². The number of amides is 1. The number of aliphatic hydroxyl groups excluding tert-OH is 1. The van der Waals surface area contributed by atoms with Crippen molar-refractivity contribution in [3.8, 4) is 5.95 Å². The first-order valence-corrected chi connectivity index (χ1v) is 9.08. The Labute approximate surface area is 157 Å². The molecule has 2 aromatic rings. The molecule has 0 atom stereocenters. The van der Waals surface area contributed by atoms with Gasteiger partial charge in [-0.1, -0.05) is 0 Å². The Balaban J connectivity index is 1.59. The van der Waals surface area contributed by atoms with E-state index in [2.05, 4.69) is 20.3 Å². The van der Waals surface area contributed by atoms with Crippen LogP contribution in [0.4, 0.5) is 0 Å². The van der Waals surface area contributed by atoms with Gasteiger partial charge in [0.15, 0.2) is 0 Å². The van der Waals surface area contributed by atoms with Crippen molar-refractivity contribution in [1.29, 1.82) is 0 Å². The van der Waals surface area contributed by atoms with Crippen molar-refractivity contribution in [2.75, 3.05) is 20.3 Å². The molecule has 1 saturated carbocycles. The number of carbonyl (C=O) groups excluding carboxylic acids is 1. The normalized spacial score (nSPS) is 19.8. The molecule has 146 valence electrons. The maximum atomic E-state index is 12.6. The average molecular weight is 375 g/mol. The fourth-order valence-corrected chi connectivity index (χ4v) is 3.11. The topological polar surface area (TPSA) is 111 Å². The number of hydrogen-bond acceptors (Lipinski definition) is 7. The van der Waals surface area contributed by atoms with Crippen LogP contribution < -0.4 is 5.32 Å². The Bertz CT molecular complexity index is 729. The molecular formula is C18H25N5O4. The van der Waals surface area contributed by atoms with Crippen LogP contribution in [0.5, 0.6) is 0 Å². The fraction of sp³-hybridized carbons (Fsp3) is 0.556. The third-order valence-corrected chi connectivity index (χ3v) is 4.55. The van der Waals surface area contributed by atoms with Gasteiger partial charge >= 0.3 is 0 Å². The Kier molecular flexibility index (Phi) is 6.86. The lowest BCUT2D eigenvalue weighted by molar-refractivity contribution is -0.00409. The molecule has 1 aliphatic rings. The van der Waals surface area contributed by atoms with Crippen LogP contribution in [-0.4, -0.2) is 63.0 Å². The minimum absolute atomic E-state index is 0.0870. The summed E-state index contributed by atoms with van der Waals surface area (Å²) in [5, 5.41) is 12.5. The molecule has 0 saturated heterocycles. The van der Waals surface area contributed by atoms with Gasteiger partial charge in [0.05, 0.1) is 31.6 Å². The molecule has 2 heterocycles. The van der Waals surface area contributed by atoms with Crippen LogP contribution in [0.25, 0.3) is 5.95 Å². The van der Waals surface area contributed by atoms with Crippen molar-refractivity contribution < 1.29 is 19.4 Å². The number of methoxy groups -OCH3 is 1. The fourth-order valence-electron chi connectivity index (χ4n) is 3.11. The highest BCUT2D eigenvalue weighted by Gasteiger charge is 2.24. The molecule has 3 rings (SSSR count). The summed E-state index contributed by atoms with van der Waals surface area (Å²) in [6.07, 6.45) is 8.57. The average Bonchev–Trinajstić information content (AvgIpc) is 3.24. The standard InChI is InChI=1S/C18H25N5O4/c1-26-8-9-27-15-4-2-13(3-5-15)20-17(25)16-10-14(11-24)21-18(22-16)23-7-6-19-12-23/h6-7,10,12-13,15,24H,2-5,8-9,11H2,1H3,(H,20,25). The van der Waals surface area contributed by atoms with Gasteiger partial charge in [-0.15, -0.1) is 0 Å². The van der Waals surface area contributed by atoms with Gasteiger partial charge in [0.2, 0.25) is 5.95 Å². The molecule has 0 spiro atoms. The summed E-state index contributed by atoms with van der Waals surface area (Å²) in [5.74, 6) is 0.0386. The zero-order chi connectivity index (χ0) is 19.1. The predicted molar refractivity (Wildman–Crippen MR) is 96.4 cm³/mol. The number of carbonyl (C=O) groups is 1. The minimum atomic E-state index is -0.269. The molecule has 0 aromatic carbocycles. The smallest absolute Gasteiger partial charge is 0.270 e. The van der Waals surface area contributed by atoms with Crippen molar-refractivity contribution in [3.63, 3.8) is 0 Å². The Morgan fingerprint density at radius 2 is 2.11 bits per heavy atom. The molecule has 0 aliphatic heterocycles. The number of aliphatic hydroxyl groups is 1. The van der Waals surface area contributed by atoms with Gasteiger partial charge < -0.3 is 19.9 Å². The molecular weight excluding hydrogens is 350 g/mol. The second-order valence-corrected chi connectivity index (χ2v) is 6.48. The largest absolute Gasteiger partial charge is 0.390 e. The first kappa shape index (κ1) is 19.4. The predicted octanol–water partition coefficient (Wildman–Crippen LogP) is 0.859. The van der Waals surface area contributed by atoms with Gasteiger partial charge in [0.25, 0.3) is 5.91 Å². The lowest BCUT2D eigenvalue weighted by Crippen LogP contribution is -2.39. The number of nitrogens with zero attached hydrogens (tertiary/aromatic N) is 4. The number of rotatable bonds is 8. The summed E-state index contributed by atoms with van der Waals surface area (Å²) in [7, 11) is 1.66. The van der Waals surface area contributed by atoms with E-state index >= 15 is 0 Å². The number of ether oxygens (including phenoxy) is 2. The van der Waals surface area contributed by atoms with Crippen molar-refractivity contribution in [3.05, 3.63) is 36.2 Å². The second kappa shape index (κ2) is 9.54. The number of nitrogens with one attached hydrogen (secondary N) is 1. The summed E-state index contributed by atoms with van der Waals surface area (Å²) in [6.45, 7) is 0.922. The molecule has 0 unspecified atom stereocenters. The first-order chi connectivity index (χ1) is 13.2. The van der Waals surface area contributed by atoms with Crippen LogP contribution >= 0.6 is 0 Å². The minimum Gasteiger partial charge on any atom is -0.390 e.